The number of nitrogens with one attached hydrogen (secondary N) is 2. The molecular formula is C19H18F3N3O3. The van der Waals surface area contributed by atoms with Gasteiger partial charge in [-0.2, -0.15) is 0 Å². The molecule has 1 saturated heterocycles. The molecule has 2 aromatic carbocycles. The van der Waals surface area contributed by atoms with Crippen LogP contribution in [0, 0.1) is 17.5 Å². The Labute approximate surface area is 159 Å². The number of halogens is 3. The zero-order valence-corrected chi connectivity index (χ0v) is 15.1. The minimum Gasteiger partial charge on any atom is -0.497 e. The second-order valence-corrected chi connectivity index (χ2v) is 6.41. The van der Waals surface area contributed by atoms with Crippen LogP contribution in [0.15, 0.2) is 36.4 Å². The third kappa shape index (κ3) is 3.88. The number of hydrogen-bond acceptors (Lipinski definition) is 3. The van der Waals surface area contributed by atoms with E-state index >= 15 is 0 Å². The summed E-state index contributed by atoms with van der Waals surface area (Å²) in [6.45, 7) is 0.0283. The van der Waals surface area contributed by atoms with Crippen molar-refractivity contribution in [3.8, 4) is 5.75 Å². The van der Waals surface area contributed by atoms with Gasteiger partial charge in [0.1, 0.15) is 29.2 Å². The molecule has 6 nitrogen and oxygen atoms in total. The molecule has 3 rings (SSSR count). The lowest BCUT2D eigenvalue weighted by molar-refractivity contribution is -0.128. The standard InChI is InChI=1S/C19H18F3N3O3/c1-25-9-13(16-14(21)7-12(28-2)8-15(16)22)17(18(25)26)24-19(27)23-11-5-3-10(20)4-6-11/h3-8,13,17H,9H2,1-2H3,(H2,23,24,27)/t13-,17?/m0/s1. The van der Waals surface area contributed by atoms with Crippen molar-refractivity contribution in [1.82, 2.24) is 10.2 Å². The lowest BCUT2D eigenvalue weighted by Gasteiger charge is -2.20. The number of likely N-dealkylation sites (N-methyl/N-ethyl adjacent to an activating group) is 1. The Balaban J connectivity index is 1.83. The van der Waals surface area contributed by atoms with Gasteiger partial charge in [-0.3, -0.25) is 4.79 Å². The first kappa shape index (κ1) is 19.5. The monoisotopic (exact) mass is 393 g/mol. The summed E-state index contributed by atoms with van der Waals surface area (Å²) in [5, 5.41) is 4.91. The predicted octanol–water partition coefficient (Wildman–Crippen LogP) is 2.86. The third-order valence-electron chi connectivity index (χ3n) is 4.56. The molecule has 148 valence electrons. The number of rotatable bonds is 4. The fourth-order valence-electron chi connectivity index (χ4n) is 3.20. The van der Waals surface area contributed by atoms with Gasteiger partial charge in [0.25, 0.3) is 0 Å². The molecule has 0 saturated carbocycles. The van der Waals surface area contributed by atoms with Crippen molar-refractivity contribution in [2.45, 2.75) is 12.0 Å². The number of likely N-dealkylation sites (tertiary alicyclic amines) is 1. The molecule has 1 fully saturated rings. The van der Waals surface area contributed by atoms with E-state index in [0.717, 1.165) is 24.3 Å². The van der Waals surface area contributed by atoms with E-state index in [0.29, 0.717) is 5.69 Å². The van der Waals surface area contributed by atoms with Crippen LogP contribution in [0.4, 0.5) is 23.7 Å². The molecule has 1 aliphatic rings. The van der Waals surface area contributed by atoms with E-state index in [1.807, 2.05) is 0 Å². The molecule has 0 aliphatic carbocycles. The molecule has 2 aromatic rings. The van der Waals surface area contributed by atoms with Gasteiger partial charge < -0.3 is 20.3 Å². The molecule has 1 heterocycles. The minimum atomic E-state index is -1.16. The highest BCUT2D eigenvalue weighted by atomic mass is 19.1. The SMILES string of the molecule is COc1cc(F)c([C@@H]2CN(C)C(=O)C2NC(=O)Nc2ccc(F)cc2)c(F)c1. The fraction of sp³-hybridized carbons (Fsp3) is 0.263. The van der Waals surface area contributed by atoms with Crippen molar-refractivity contribution in [2.75, 3.05) is 26.0 Å². The highest BCUT2D eigenvalue weighted by molar-refractivity contribution is 5.95. The third-order valence-corrected chi connectivity index (χ3v) is 4.56. The lowest BCUT2D eigenvalue weighted by Crippen LogP contribution is -2.45. The van der Waals surface area contributed by atoms with E-state index in [-0.39, 0.29) is 17.9 Å². The number of nitrogens with zero attached hydrogens (tertiary/aromatic N) is 1. The van der Waals surface area contributed by atoms with Crippen molar-refractivity contribution in [3.05, 3.63) is 59.4 Å². The molecule has 1 aliphatic heterocycles. The summed E-state index contributed by atoms with van der Waals surface area (Å²) in [5.74, 6) is -3.60. The van der Waals surface area contributed by atoms with Gasteiger partial charge in [0.2, 0.25) is 5.91 Å². The number of benzene rings is 2. The zero-order chi connectivity index (χ0) is 20.4. The van der Waals surface area contributed by atoms with Gasteiger partial charge in [-0.15, -0.1) is 0 Å². The van der Waals surface area contributed by atoms with E-state index in [1.165, 1.54) is 31.2 Å². The number of anilines is 1. The maximum atomic E-state index is 14.5. The second-order valence-electron chi connectivity index (χ2n) is 6.41. The Hall–Kier alpha value is -3.23. The maximum Gasteiger partial charge on any atom is 0.319 e. The Morgan fingerprint density at radius 1 is 1.14 bits per heavy atom. The normalized spacial score (nSPS) is 18.9. The molecule has 0 spiro atoms. The number of urea groups is 1. The Morgan fingerprint density at radius 3 is 2.32 bits per heavy atom. The first-order chi connectivity index (χ1) is 13.3. The zero-order valence-electron chi connectivity index (χ0n) is 15.1. The number of carbonyl (C=O) groups is 2. The molecule has 2 atom stereocenters. The van der Waals surface area contributed by atoms with Crippen LogP contribution >= 0.6 is 0 Å². The van der Waals surface area contributed by atoms with Gasteiger partial charge in [0.15, 0.2) is 0 Å². The first-order valence-corrected chi connectivity index (χ1v) is 8.41. The van der Waals surface area contributed by atoms with Crippen molar-refractivity contribution >= 4 is 17.6 Å². The van der Waals surface area contributed by atoms with Crippen LogP contribution in [0.5, 0.6) is 5.75 Å². The van der Waals surface area contributed by atoms with E-state index < -0.39 is 41.3 Å². The largest absolute Gasteiger partial charge is 0.497 e. The van der Waals surface area contributed by atoms with Crippen LogP contribution in [0.1, 0.15) is 11.5 Å². The summed E-state index contributed by atoms with van der Waals surface area (Å²) in [6, 6.07) is 5.15. The van der Waals surface area contributed by atoms with Crippen LogP contribution in [-0.2, 0) is 4.79 Å². The summed E-state index contributed by atoms with van der Waals surface area (Å²) in [5.41, 5.74) is 0.00152. The molecule has 1 unspecified atom stereocenters. The van der Waals surface area contributed by atoms with Gasteiger partial charge in [-0.1, -0.05) is 0 Å². The Kier molecular flexibility index (Phi) is 5.43. The molecule has 9 heteroatoms. The number of amides is 3. The van der Waals surface area contributed by atoms with Crippen LogP contribution < -0.4 is 15.4 Å². The summed E-state index contributed by atoms with van der Waals surface area (Å²) in [4.78, 5) is 26.0. The average molecular weight is 393 g/mol. The molecular weight excluding hydrogens is 375 g/mol. The summed E-state index contributed by atoms with van der Waals surface area (Å²) in [6.07, 6.45) is 0. The van der Waals surface area contributed by atoms with Crippen molar-refractivity contribution in [3.63, 3.8) is 0 Å². The predicted molar refractivity (Wildman–Crippen MR) is 95.6 cm³/mol. The van der Waals surface area contributed by atoms with Crippen LogP contribution in [0.25, 0.3) is 0 Å². The van der Waals surface area contributed by atoms with Crippen LogP contribution in [-0.4, -0.2) is 43.6 Å². The van der Waals surface area contributed by atoms with Gasteiger partial charge in [0.05, 0.1) is 7.11 Å². The number of carbonyl (C=O) groups excluding carboxylic acids is 2. The van der Waals surface area contributed by atoms with Gasteiger partial charge in [-0.25, -0.2) is 18.0 Å². The van der Waals surface area contributed by atoms with Gasteiger partial charge >= 0.3 is 6.03 Å². The van der Waals surface area contributed by atoms with Crippen molar-refractivity contribution in [2.24, 2.45) is 0 Å². The smallest absolute Gasteiger partial charge is 0.319 e. The summed E-state index contributed by atoms with van der Waals surface area (Å²) < 4.78 is 46.8. The maximum absolute atomic E-state index is 14.5. The Bertz CT molecular complexity index is 882. The van der Waals surface area contributed by atoms with Crippen LogP contribution in [0.2, 0.25) is 0 Å². The van der Waals surface area contributed by atoms with Gasteiger partial charge in [-0.05, 0) is 24.3 Å². The molecule has 3 amide bonds. The average Bonchev–Trinajstić information content (AvgIpc) is 2.91. The lowest BCUT2D eigenvalue weighted by atomic mass is 9.93. The van der Waals surface area contributed by atoms with E-state index in [2.05, 4.69) is 10.6 Å². The number of ether oxygens (including phenoxy) is 1. The quantitative estimate of drug-likeness (QED) is 0.839. The van der Waals surface area contributed by atoms with Gasteiger partial charge in [0, 0.05) is 42.9 Å². The fourth-order valence-corrected chi connectivity index (χ4v) is 3.20. The number of hydrogen-bond donors (Lipinski definition) is 2. The molecule has 0 bridgehead atoms. The summed E-state index contributed by atoms with van der Waals surface area (Å²) >= 11 is 0. The highest BCUT2D eigenvalue weighted by Crippen LogP contribution is 2.33. The molecule has 2 N–H and O–H groups in total. The van der Waals surface area contributed by atoms with Crippen LogP contribution in [0.3, 0.4) is 0 Å². The first-order valence-electron chi connectivity index (χ1n) is 8.41. The topological polar surface area (TPSA) is 70.7 Å². The van der Waals surface area contributed by atoms with Crippen molar-refractivity contribution in [1.29, 1.82) is 0 Å². The number of methoxy groups -OCH3 is 1. The second kappa shape index (κ2) is 7.79. The highest BCUT2D eigenvalue weighted by Gasteiger charge is 2.43. The van der Waals surface area contributed by atoms with E-state index in [1.54, 1.807) is 0 Å². The molecule has 28 heavy (non-hydrogen) atoms. The Morgan fingerprint density at radius 2 is 1.75 bits per heavy atom. The molecule has 0 radical (unpaired) electrons. The van der Waals surface area contributed by atoms with Crippen molar-refractivity contribution < 1.29 is 27.5 Å². The minimum absolute atomic E-state index is 0.00925. The summed E-state index contributed by atoms with van der Waals surface area (Å²) in [7, 11) is 2.76. The molecule has 0 aromatic heterocycles. The van der Waals surface area contributed by atoms with E-state index in [4.69, 9.17) is 4.74 Å². The van der Waals surface area contributed by atoms with E-state index in [9.17, 15) is 22.8 Å².